The smallest absolute Gasteiger partial charge is 0.254 e. The van der Waals surface area contributed by atoms with Crippen LogP contribution in [-0.2, 0) is 11.2 Å². The highest BCUT2D eigenvalue weighted by molar-refractivity contribution is 6.02. The minimum absolute atomic E-state index is 0.0117. The number of benzene rings is 2. The summed E-state index contributed by atoms with van der Waals surface area (Å²) < 4.78 is 0. The van der Waals surface area contributed by atoms with Gasteiger partial charge in [0.1, 0.15) is 6.54 Å². The Morgan fingerprint density at radius 2 is 1.74 bits per heavy atom. The molecule has 4 heteroatoms. The molecule has 0 radical (unpaired) electrons. The molecule has 116 valence electrons. The molecule has 2 amide bonds. The number of anilines is 1. The van der Waals surface area contributed by atoms with Crippen molar-refractivity contribution in [1.29, 1.82) is 0 Å². The molecule has 0 aliphatic carbocycles. The van der Waals surface area contributed by atoms with Crippen LogP contribution >= 0.6 is 0 Å². The fourth-order valence-electron chi connectivity index (χ4n) is 3.59. The number of carbonyl (C=O) groups is 2. The van der Waals surface area contributed by atoms with Gasteiger partial charge in [0.15, 0.2) is 0 Å². The van der Waals surface area contributed by atoms with Crippen molar-refractivity contribution in [3.05, 3.63) is 65.7 Å². The monoisotopic (exact) mass is 306 g/mol. The zero-order valence-electron chi connectivity index (χ0n) is 12.8. The lowest BCUT2D eigenvalue weighted by Gasteiger charge is -2.44. The number of hydrogen-bond acceptors (Lipinski definition) is 2. The van der Waals surface area contributed by atoms with Gasteiger partial charge in [0.05, 0.1) is 6.04 Å². The Bertz CT molecular complexity index is 757. The summed E-state index contributed by atoms with van der Waals surface area (Å²) in [7, 11) is 0. The van der Waals surface area contributed by atoms with Crippen LogP contribution < -0.4 is 4.90 Å². The summed E-state index contributed by atoms with van der Waals surface area (Å²) in [6, 6.07) is 17.3. The molecule has 1 saturated heterocycles. The SMILES string of the molecule is O=C(c1ccccc1)N1CC(=O)N2c3ccccc3CCC2C1. The van der Waals surface area contributed by atoms with Crippen LogP contribution in [0.4, 0.5) is 5.69 Å². The molecule has 0 spiro atoms. The molecule has 2 heterocycles. The first kappa shape index (κ1) is 14.0. The molecular formula is C19H18N2O2. The van der Waals surface area contributed by atoms with E-state index in [4.69, 9.17) is 0 Å². The van der Waals surface area contributed by atoms with E-state index in [1.165, 1.54) is 5.56 Å². The fourth-order valence-corrected chi connectivity index (χ4v) is 3.59. The van der Waals surface area contributed by atoms with Crippen molar-refractivity contribution in [3.8, 4) is 0 Å². The van der Waals surface area contributed by atoms with Crippen molar-refractivity contribution in [2.75, 3.05) is 18.0 Å². The minimum atomic E-state index is -0.0579. The predicted octanol–water partition coefficient (Wildman–Crippen LogP) is 2.49. The summed E-state index contributed by atoms with van der Waals surface area (Å²) >= 11 is 0. The molecule has 0 saturated carbocycles. The number of carbonyl (C=O) groups excluding carboxylic acids is 2. The third-order valence-corrected chi connectivity index (χ3v) is 4.70. The third kappa shape index (κ3) is 2.40. The molecule has 0 bridgehead atoms. The number of aryl methyl sites for hydroxylation is 1. The van der Waals surface area contributed by atoms with E-state index in [0.29, 0.717) is 12.1 Å². The largest absolute Gasteiger partial charge is 0.327 e. The second kappa shape index (κ2) is 5.54. The minimum Gasteiger partial charge on any atom is -0.327 e. The molecule has 4 nitrogen and oxygen atoms in total. The van der Waals surface area contributed by atoms with E-state index in [9.17, 15) is 9.59 Å². The second-order valence-corrected chi connectivity index (χ2v) is 6.14. The van der Waals surface area contributed by atoms with Crippen LogP contribution in [-0.4, -0.2) is 35.8 Å². The van der Waals surface area contributed by atoms with Gasteiger partial charge in [-0.3, -0.25) is 9.59 Å². The highest BCUT2D eigenvalue weighted by Gasteiger charge is 2.38. The number of fused-ring (bicyclic) bond motifs is 3. The number of piperazine rings is 1. The lowest BCUT2D eigenvalue weighted by molar-refractivity contribution is -0.121. The molecule has 2 aromatic rings. The van der Waals surface area contributed by atoms with E-state index in [-0.39, 0.29) is 24.4 Å². The number of amides is 2. The molecule has 2 aromatic carbocycles. The van der Waals surface area contributed by atoms with Crippen molar-refractivity contribution in [2.24, 2.45) is 0 Å². The van der Waals surface area contributed by atoms with Gasteiger partial charge >= 0.3 is 0 Å². The van der Waals surface area contributed by atoms with E-state index in [0.717, 1.165) is 18.5 Å². The summed E-state index contributed by atoms with van der Waals surface area (Å²) in [6.45, 7) is 0.756. The first-order valence-electron chi connectivity index (χ1n) is 7.98. The van der Waals surface area contributed by atoms with E-state index >= 15 is 0 Å². The molecule has 0 N–H and O–H groups in total. The van der Waals surface area contributed by atoms with Crippen LogP contribution in [0.1, 0.15) is 22.3 Å². The Balaban J connectivity index is 1.60. The van der Waals surface area contributed by atoms with E-state index in [1.54, 1.807) is 17.0 Å². The van der Waals surface area contributed by atoms with Gasteiger partial charge in [-0.15, -0.1) is 0 Å². The quantitative estimate of drug-likeness (QED) is 0.812. The summed E-state index contributed by atoms with van der Waals surface area (Å²) in [5, 5.41) is 0. The van der Waals surface area contributed by atoms with Crippen LogP contribution in [0.2, 0.25) is 0 Å². The molecular weight excluding hydrogens is 288 g/mol. The molecule has 2 aliphatic heterocycles. The van der Waals surface area contributed by atoms with E-state index in [2.05, 4.69) is 6.07 Å². The van der Waals surface area contributed by atoms with Crippen LogP contribution in [0, 0.1) is 0 Å². The lowest BCUT2D eigenvalue weighted by Crippen LogP contribution is -2.59. The molecule has 1 fully saturated rings. The van der Waals surface area contributed by atoms with E-state index < -0.39 is 0 Å². The highest BCUT2D eigenvalue weighted by Crippen LogP contribution is 2.33. The average Bonchev–Trinajstić information content (AvgIpc) is 2.61. The molecule has 23 heavy (non-hydrogen) atoms. The van der Waals surface area contributed by atoms with Crippen LogP contribution in [0.15, 0.2) is 54.6 Å². The van der Waals surface area contributed by atoms with E-state index in [1.807, 2.05) is 41.3 Å². The van der Waals surface area contributed by atoms with Crippen molar-refractivity contribution in [3.63, 3.8) is 0 Å². The lowest BCUT2D eigenvalue weighted by atomic mass is 9.93. The van der Waals surface area contributed by atoms with Crippen molar-refractivity contribution in [2.45, 2.75) is 18.9 Å². The predicted molar refractivity (Wildman–Crippen MR) is 88.4 cm³/mol. The number of para-hydroxylation sites is 1. The van der Waals surface area contributed by atoms with Crippen molar-refractivity contribution in [1.82, 2.24) is 4.90 Å². The van der Waals surface area contributed by atoms with Crippen LogP contribution in [0.25, 0.3) is 0 Å². The molecule has 2 aliphatic rings. The summed E-state index contributed by atoms with van der Waals surface area (Å²) in [5.41, 5.74) is 2.88. The maximum absolute atomic E-state index is 12.7. The first-order chi connectivity index (χ1) is 11.2. The molecule has 1 unspecified atom stereocenters. The van der Waals surface area contributed by atoms with Crippen molar-refractivity contribution >= 4 is 17.5 Å². The topological polar surface area (TPSA) is 40.6 Å². The summed E-state index contributed by atoms with van der Waals surface area (Å²) in [6.07, 6.45) is 1.86. The standard InChI is InChI=1S/C19H18N2O2/c22-18-13-20(19(23)15-7-2-1-3-8-15)12-16-11-10-14-6-4-5-9-17(14)21(16)18/h1-9,16H,10-13H2. The Morgan fingerprint density at radius 1 is 1.00 bits per heavy atom. The van der Waals surface area contributed by atoms with Crippen LogP contribution in [0.5, 0.6) is 0 Å². The maximum atomic E-state index is 12.7. The molecule has 1 atom stereocenters. The maximum Gasteiger partial charge on any atom is 0.254 e. The van der Waals surface area contributed by atoms with Gasteiger partial charge in [-0.2, -0.15) is 0 Å². The summed E-state index contributed by atoms with van der Waals surface area (Å²) in [4.78, 5) is 28.9. The van der Waals surface area contributed by atoms with Gasteiger partial charge in [0.2, 0.25) is 5.91 Å². The number of nitrogens with zero attached hydrogens (tertiary/aromatic N) is 2. The average molecular weight is 306 g/mol. The Hall–Kier alpha value is -2.62. The first-order valence-corrected chi connectivity index (χ1v) is 7.98. The van der Waals surface area contributed by atoms with Gasteiger partial charge in [-0.05, 0) is 36.6 Å². The zero-order chi connectivity index (χ0) is 15.8. The molecule has 4 rings (SSSR count). The Kier molecular flexibility index (Phi) is 3.37. The zero-order valence-corrected chi connectivity index (χ0v) is 12.8. The molecule has 0 aromatic heterocycles. The van der Waals surface area contributed by atoms with Gasteiger partial charge in [-0.1, -0.05) is 36.4 Å². The number of hydrogen-bond donors (Lipinski definition) is 0. The van der Waals surface area contributed by atoms with Crippen molar-refractivity contribution < 1.29 is 9.59 Å². The summed E-state index contributed by atoms with van der Waals surface area (Å²) in [5.74, 6) is -0.0462. The van der Waals surface area contributed by atoms with Crippen LogP contribution in [0.3, 0.4) is 0 Å². The third-order valence-electron chi connectivity index (χ3n) is 4.70. The van der Waals surface area contributed by atoms with Gasteiger partial charge in [0, 0.05) is 17.8 Å². The Labute approximate surface area is 135 Å². The van der Waals surface area contributed by atoms with Gasteiger partial charge in [-0.25, -0.2) is 0 Å². The second-order valence-electron chi connectivity index (χ2n) is 6.14. The fraction of sp³-hybridized carbons (Fsp3) is 0.263. The highest BCUT2D eigenvalue weighted by atomic mass is 16.2. The Morgan fingerprint density at radius 3 is 2.57 bits per heavy atom. The van der Waals surface area contributed by atoms with Gasteiger partial charge in [0.25, 0.3) is 5.91 Å². The number of rotatable bonds is 1. The van der Waals surface area contributed by atoms with Gasteiger partial charge < -0.3 is 9.80 Å². The normalized spacial score (nSPS) is 20.0.